The van der Waals surface area contributed by atoms with Gasteiger partial charge in [-0.1, -0.05) is 11.6 Å². The van der Waals surface area contributed by atoms with Gasteiger partial charge in [-0.15, -0.1) is 0 Å². The van der Waals surface area contributed by atoms with Crippen LogP contribution in [0, 0.1) is 6.92 Å². The summed E-state index contributed by atoms with van der Waals surface area (Å²) in [5, 5.41) is 0.576. The van der Waals surface area contributed by atoms with Gasteiger partial charge in [-0.05, 0) is 25.5 Å². The molecule has 0 bridgehead atoms. The Balaban J connectivity index is 2.90. The van der Waals surface area contributed by atoms with Crippen LogP contribution in [-0.2, 0) is 0 Å². The number of halogens is 1. The van der Waals surface area contributed by atoms with E-state index in [1.54, 1.807) is 6.20 Å². The zero-order chi connectivity index (χ0) is 8.27. The first-order chi connectivity index (χ1) is 5.24. The van der Waals surface area contributed by atoms with E-state index in [2.05, 4.69) is 4.98 Å². The van der Waals surface area contributed by atoms with Crippen LogP contribution in [0.15, 0.2) is 12.3 Å². The number of hydrogen-bond acceptors (Lipinski definition) is 2. The molecule has 1 rings (SSSR count). The molecule has 0 spiro atoms. The summed E-state index contributed by atoms with van der Waals surface area (Å²) in [5.41, 5.74) is 1.04. The summed E-state index contributed by atoms with van der Waals surface area (Å²) in [6.45, 7) is 4.43. The van der Waals surface area contributed by atoms with Crippen LogP contribution in [0.25, 0.3) is 0 Å². The fourth-order valence-electron chi connectivity index (χ4n) is 0.764. The predicted molar refractivity (Wildman–Crippen MR) is 45.2 cm³/mol. The molecule has 3 heteroatoms. The van der Waals surface area contributed by atoms with Crippen molar-refractivity contribution < 1.29 is 4.74 Å². The van der Waals surface area contributed by atoms with Crippen LogP contribution in [0.4, 0.5) is 0 Å². The second-order valence-corrected chi connectivity index (χ2v) is 2.64. The van der Waals surface area contributed by atoms with E-state index < -0.39 is 0 Å². The summed E-state index contributed by atoms with van der Waals surface area (Å²) in [6.07, 6.45) is 1.73. The van der Waals surface area contributed by atoms with Crippen molar-refractivity contribution in [1.82, 2.24) is 4.98 Å². The van der Waals surface area contributed by atoms with Crippen molar-refractivity contribution in [2.75, 3.05) is 6.61 Å². The minimum atomic E-state index is 0.514. The Morgan fingerprint density at radius 2 is 2.36 bits per heavy atom. The summed E-state index contributed by atoms with van der Waals surface area (Å²) in [5.74, 6) is 0.514. The van der Waals surface area contributed by atoms with Crippen LogP contribution in [0.5, 0.6) is 5.88 Å². The average Bonchev–Trinajstić information content (AvgIpc) is 1.95. The van der Waals surface area contributed by atoms with Crippen molar-refractivity contribution in [3.63, 3.8) is 0 Å². The molecule has 0 amide bonds. The Morgan fingerprint density at radius 1 is 1.64 bits per heavy atom. The van der Waals surface area contributed by atoms with Gasteiger partial charge >= 0.3 is 0 Å². The minimum Gasteiger partial charge on any atom is -0.477 e. The third-order valence-corrected chi connectivity index (χ3v) is 1.50. The quantitative estimate of drug-likeness (QED) is 0.682. The molecule has 1 aromatic heterocycles. The smallest absolute Gasteiger partial charge is 0.232 e. The lowest BCUT2D eigenvalue weighted by Crippen LogP contribution is -1.94. The number of pyridine rings is 1. The third-order valence-electron chi connectivity index (χ3n) is 1.23. The highest BCUT2D eigenvalue weighted by molar-refractivity contribution is 6.31. The molecular weight excluding hydrogens is 162 g/mol. The van der Waals surface area contributed by atoms with Crippen LogP contribution in [0.3, 0.4) is 0 Å². The second-order valence-electron chi connectivity index (χ2n) is 2.23. The van der Waals surface area contributed by atoms with Crippen LogP contribution in [0.1, 0.15) is 12.5 Å². The SMILES string of the molecule is CCOc1ncc(C)cc1Cl. The molecule has 1 heterocycles. The Morgan fingerprint density at radius 3 is 2.91 bits per heavy atom. The maximum Gasteiger partial charge on any atom is 0.232 e. The molecule has 0 aliphatic heterocycles. The molecule has 0 saturated carbocycles. The van der Waals surface area contributed by atoms with Crippen molar-refractivity contribution in [3.8, 4) is 5.88 Å². The van der Waals surface area contributed by atoms with Gasteiger partial charge < -0.3 is 4.74 Å². The summed E-state index contributed by atoms with van der Waals surface area (Å²) in [4.78, 5) is 4.01. The summed E-state index contributed by atoms with van der Waals surface area (Å²) in [7, 11) is 0. The van der Waals surface area contributed by atoms with E-state index >= 15 is 0 Å². The third kappa shape index (κ3) is 2.09. The number of hydrogen-bond donors (Lipinski definition) is 0. The molecule has 60 valence electrons. The largest absolute Gasteiger partial charge is 0.477 e. The Bertz CT molecular complexity index is 250. The lowest BCUT2D eigenvalue weighted by atomic mass is 10.3. The number of rotatable bonds is 2. The first-order valence-electron chi connectivity index (χ1n) is 3.49. The van der Waals surface area contributed by atoms with Crippen LogP contribution in [-0.4, -0.2) is 11.6 Å². The van der Waals surface area contributed by atoms with Crippen LogP contribution < -0.4 is 4.74 Å². The molecule has 0 aliphatic rings. The van der Waals surface area contributed by atoms with Crippen LogP contribution >= 0.6 is 11.6 Å². The van der Waals surface area contributed by atoms with Crippen LogP contribution in [0.2, 0.25) is 5.02 Å². The molecule has 0 N–H and O–H groups in total. The lowest BCUT2D eigenvalue weighted by molar-refractivity contribution is 0.327. The molecule has 11 heavy (non-hydrogen) atoms. The fourth-order valence-corrected chi connectivity index (χ4v) is 1.04. The van der Waals surface area contributed by atoms with Gasteiger partial charge in [0.1, 0.15) is 5.02 Å². The van der Waals surface area contributed by atoms with Gasteiger partial charge in [0, 0.05) is 6.20 Å². The molecule has 0 fully saturated rings. The molecule has 0 aromatic carbocycles. The van der Waals surface area contributed by atoms with Gasteiger partial charge in [0.05, 0.1) is 6.61 Å². The van der Waals surface area contributed by atoms with Gasteiger partial charge in [-0.3, -0.25) is 0 Å². The zero-order valence-electron chi connectivity index (χ0n) is 6.60. The summed E-state index contributed by atoms with van der Waals surface area (Å²) < 4.78 is 5.15. The van der Waals surface area contributed by atoms with Crippen molar-refractivity contribution in [1.29, 1.82) is 0 Å². The molecular formula is C8H10ClNO. The van der Waals surface area contributed by atoms with E-state index in [4.69, 9.17) is 16.3 Å². The monoisotopic (exact) mass is 171 g/mol. The van der Waals surface area contributed by atoms with Gasteiger partial charge in [-0.25, -0.2) is 4.98 Å². The van der Waals surface area contributed by atoms with Crippen molar-refractivity contribution >= 4 is 11.6 Å². The number of aromatic nitrogens is 1. The van der Waals surface area contributed by atoms with E-state index in [-0.39, 0.29) is 0 Å². The average molecular weight is 172 g/mol. The van der Waals surface area contributed by atoms with E-state index in [0.29, 0.717) is 17.5 Å². The second kappa shape index (κ2) is 3.58. The van der Waals surface area contributed by atoms with Gasteiger partial charge in [-0.2, -0.15) is 0 Å². The van der Waals surface area contributed by atoms with Crippen molar-refractivity contribution in [3.05, 3.63) is 22.8 Å². The molecule has 0 aliphatic carbocycles. The van der Waals surface area contributed by atoms with Gasteiger partial charge in [0.25, 0.3) is 0 Å². The van der Waals surface area contributed by atoms with Gasteiger partial charge in [0.2, 0.25) is 5.88 Å². The first-order valence-corrected chi connectivity index (χ1v) is 3.86. The molecule has 0 atom stereocenters. The fraction of sp³-hybridized carbons (Fsp3) is 0.375. The Labute approximate surface area is 71.2 Å². The van der Waals surface area contributed by atoms with Crippen molar-refractivity contribution in [2.45, 2.75) is 13.8 Å². The minimum absolute atomic E-state index is 0.514. The predicted octanol–water partition coefficient (Wildman–Crippen LogP) is 2.44. The molecule has 2 nitrogen and oxygen atoms in total. The Hall–Kier alpha value is -0.760. The summed E-state index contributed by atoms with van der Waals surface area (Å²) >= 11 is 5.82. The normalized spacial score (nSPS) is 9.73. The van der Waals surface area contributed by atoms with Crippen molar-refractivity contribution in [2.24, 2.45) is 0 Å². The topological polar surface area (TPSA) is 22.1 Å². The van der Waals surface area contributed by atoms with E-state index in [1.807, 2.05) is 19.9 Å². The van der Waals surface area contributed by atoms with Gasteiger partial charge in [0.15, 0.2) is 0 Å². The number of ether oxygens (including phenoxy) is 1. The highest BCUT2D eigenvalue weighted by Crippen LogP contribution is 2.21. The van der Waals surface area contributed by atoms with E-state index in [9.17, 15) is 0 Å². The molecule has 0 radical (unpaired) electrons. The number of nitrogens with zero attached hydrogens (tertiary/aromatic N) is 1. The lowest BCUT2D eigenvalue weighted by Gasteiger charge is -2.03. The van der Waals surface area contributed by atoms with E-state index in [1.165, 1.54) is 0 Å². The molecule has 0 saturated heterocycles. The molecule has 1 aromatic rings. The maximum absolute atomic E-state index is 5.82. The molecule has 0 unspecified atom stereocenters. The first kappa shape index (κ1) is 8.34. The summed E-state index contributed by atoms with van der Waals surface area (Å²) in [6, 6.07) is 1.83. The maximum atomic E-state index is 5.82. The highest BCUT2D eigenvalue weighted by atomic mass is 35.5. The number of aryl methyl sites for hydroxylation is 1. The van der Waals surface area contributed by atoms with E-state index in [0.717, 1.165) is 5.56 Å². The highest BCUT2D eigenvalue weighted by Gasteiger charge is 2.00. The standard InChI is InChI=1S/C8H10ClNO/c1-3-11-8-7(9)4-6(2)5-10-8/h4-5H,3H2,1-2H3. The zero-order valence-corrected chi connectivity index (χ0v) is 7.35. The Kier molecular flexibility index (Phi) is 2.71.